The van der Waals surface area contributed by atoms with E-state index < -0.39 is 0 Å². The predicted octanol–water partition coefficient (Wildman–Crippen LogP) is 5.27. The van der Waals surface area contributed by atoms with Gasteiger partial charge in [0.05, 0.1) is 23.6 Å². The third kappa shape index (κ3) is 4.05. The molecule has 5 rings (SSSR count). The summed E-state index contributed by atoms with van der Waals surface area (Å²) in [4.78, 5) is 18.5. The quantitative estimate of drug-likeness (QED) is 0.397. The van der Waals surface area contributed by atoms with Gasteiger partial charge in [0.25, 0.3) is 0 Å². The van der Waals surface area contributed by atoms with E-state index in [1.807, 2.05) is 59.5 Å². The Morgan fingerprint density at radius 3 is 2.48 bits per heavy atom. The maximum absolute atomic E-state index is 4.74. The molecular formula is C25H22N6. The van der Waals surface area contributed by atoms with Crippen molar-refractivity contribution in [1.82, 2.24) is 29.7 Å². The van der Waals surface area contributed by atoms with Crippen LogP contribution < -0.4 is 0 Å². The number of benzene rings is 1. The van der Waals surface area contributed by atoms with Crippen LogP contribution in [0.3, 0.4) is 0 Å². The summed E-state index contributed by atoms with van der Waals surface area (Å²) >= 11 is 0. The Balaban J connectivity index is 1.46. The molecule has 0 atom stereocenters. The van der Waals surface area contributed by atoms with Crippen LogP contribution in [-0.2, 0) is 6.54 Å². The van der Waals surface area contributed by atoms with E-state index in [4.69, 9.17) is 9.97 Å². The van der Waals surface area contributed by atoms with Crippen LogP contribution in [0.1, 0.15) is 13.8 Å². The Labute approximate surface area is 180 Å². The first-order chi connectivity index (χ1) is 15.2. The molecule has 0 bridgehead atoms. The highest BCUT2D eigenvalue weighted by molar-refractivity contribution is 5.79. The molecule has 0 aliphatic carbocycles. The molecule has 0 aliphatic heterocycles. The predicted molar refractivity (Wildman–Crippen MR) is 122 cm³/mol. The molecule has 0 saturated carbocycles. The third-order valence-corrected chi connectivity index (χ3v) is 5.02. The molecule has 4 aromatic heterocycles. The minimum Gasteiger partial charge on any atom is -0.272 e. The zero-order chi connectivity index (χ0) is 21.2. The number of pyridine rings is 2. The molecule has 0 fully saturated rings. The molecule has 0 radical (unpaired) electrons. The summed E-state index contributed by atoms with van der Waals surface area (Å²) in [5.41, 5.74) is 6.35. The lowest BCUT2D eigenvalue weighted by atomic mass is 10.1. The van der Waals surface area contributed by atoms with E-state index in [0.717, 1.165) is 45.7 Å². The standard InChI is InChI=1S/C25H22N6/c1-17(2)15-31-16-20(13-28-31)21-8-9-22-24(29-21)14-27-25(30-22)23-12-19(10-11-26-23)18-6-4-3-5-7-18/h3-14,16-17H,15H2,1-2H3. The lowest BCUT2D eigenvalue weighted by Crippen LogP contribution is -2.04. The van der Waals surface area contributed by atoms with Crippen molar-refractivity contribution in [3.8, 4) is 33.9 Å². The van der Waals surface area contributed by atoms with Crippen molar-refractivity contribution in [2.45, 2.75) is 20.4 Å². The van der Waals surface area contributed by atoms with Crippen LogP contribution >= 0.6 is 0 Å². The van der Waals surface area contributed by atoms with Crippen molar-refractivity contribution in [2.75, 3.05) is 0 Å². The van der Waals surface area contributed by atoms with Gasteiger partial charge in [0.1, 0.15) is 11.2 Å². The summed E-state index contributed by atoms with van der Waals surface area (Å²) in [6.45, 7) is 5.24. The second kappa shape index (κ2) is 8.07. The molecule has 0 N–H and O–H groups in total. The van der Waals surface area contributed by atoms with Crippen molar-refractivity contribution in [3.05, 3.63) is 79.4 Å². The number of rotatable bonds is 5. The minimum atomic E-state index is 0.540. The van der Waals surface area contributed by atoms with E-state index in [2.05, 4.69) is 41.0 Å². The lowest BCUT2D eigenvalue weighted by molar-refractivity contribution is 0.483. The van der Waals surface area contributed by atoms with Gasteiger partial charge in [0.2, 0.25) is 0 Å². The van der Waals surface area contributed by atoms with Crippen LogP contribution in [0.15, 0.2) is 79.4 Å². The molecule has 0 unspecified atom stereocenters. The van der Waals surface area contributed by atoms with Gasteiger partial charge >= 0.3 is 0 Å². The van der Waals surface area contributed by atoms with Gasteiger partial charge in [-0.15, -0.1) is 0 Å². The van der Waals surface area contributed by atoms with Gasteiger partial charge in [-0.2, -0.15) is 5.10 Å². The van der Waals surface area contributed by atoms with Crippen molar-refractivity contribution < 1.29 is 0 Å². The Bertz CT molecular complexity index is 1340. The van der Waals surface area contributed by atoms with Gasteiger partial charge in [-0.1, -0.05) is 44.2 Å². The van der Waals surface area contributed by atoms with Crippen LogP contribution in [0.5, 0.6) is 0 Å². The molecule has 0 amide bonds. The van der Waals surface area contributed by atoms with Crippen LogP contribution in [0.2, 0.25) is 0 Å². The van der Waals surface area contributed by atoms with E-state index in [9.17, 15) is 0 Å². The van der Waals surface area contributed by atoms with E-state index in [1.54, 1.807) is 12.4 Å². The lowest BCUT2D eigenvalue weighted by Gasteiger charge is -2.06. The van der Waals surface area contributed by atoms with Gasteiger partial charge in [0, 0.05) is 24.5 Å². The fraction of sp³-hybridized carbons (Fsp3) is 0.160. The van der Waals surface area contributed by atoms with Gasteiger partial charge in [0.15, 0.2) is 5.82 Å². The Kier molecular flexibility index (Phi) is 4.96. The number of aromatic nitrogens is 6. The van der Waals surface area contributed by atoms with Crippen LogP contribution in [0, 0.1) is 5.92 Å². The van der Waals surface area contributed by atoms with Gasteiger partial charge in [-0.3, -0.25) is 9.67 Å². The highest BCUT2D eigenvalue weighted by atomic mass is 15.3. The summed E-state index contributed by atoms with van der Waals surface area (Å²) in [6.07, 6.45) is 7.44. The minimum absolute atomic E-state index is 0.540. The van der Waals surface area contributed by atoms with E-state index in [-0.39, 0.29) is 0 Å². The first kappa shape index (κ1) is 19.1. The second-order valence-corrected chi connectivity index (χ2v) is 7.94. The maximum atomic E-state index is 4.74. The van der Waals surface area contributed by atoms with Crippen LogP contribution in [0.4, 0.5) is 0 Å². The van der Waals surface area contributed by atoms with Crippen LogP contribution in [-0.4, -0.2) is 29.7 Å². The Morgan fingerprint density at radius 2 is 1.65 bits per heavy atom. The largest absolute Gasteiger partial charge is 0.272 e. The van der Waals surface area contributed by atoms with Crippen molar-refractivity contribution in [1.29, 1.82) is 0 Å². The monoisotopic (exact) mass is 406 g/mol. The van der Waals surface area contributed by atoms with Crippen molar-refractivity contribution in [3.63, 3.8) is 0 Å². The maximum Gasteiger partial charge on any atom is 0.178 e. The first-order valence-corrected chi connectivity index (χ1v) is 10.3. The molecule has 0 saturated heterocycles. The highest BCUT2D eigenvalue weighted by Crippen LogP contribution is 2.24. The average Bonchev–Trinajstić information content (AvgIpc) is 3.27. The fourth-order valence-corrected chi connectivity index (χ4v) is 3.54. The molecule has 31 heavy (non-hydrogen) atoms. The number of nitrogens with zero attached hydrogens (tertiary/aromatic N) is 6. The van der Waals surface area contributed by atoms with Gasteiger partial charge < -0.3 is 0 Å². The van der Waals surface area contributed by atoms with Crippen molar-refractivity contribution in [2.24, 2.45) is 5.92 Å². The summed E-state index contributed by atoms with van der Waals surface area (Å²) in [7, 11) is 0. The molecule has 152 valence electrons. The molecule has 6 nitrogen and oxygen atoms in total. The van der Waals surface area contributed by atoms with Crippen LogP contribution in [0.25, 0.3) is 44.9 Å². The molecule has 0 spiro atoms. The molecule has 1 aromatic carbocycles. The first-order valence-electron chi connectivity index (χ1n) is 10.3. The number of hydrogen-bond acceptors (Lipinski definition) is 5. The average molecular weight is 406 g/mol. The Morgan fingerprint density at radius 1 is 0.774 bits per heavy atom. The third-order valence-electron chi connectivity index (χ3n) is 5.02. The molecule has 4 heterocycles. The van der Waals surface area contributed by atoms with E-state index >= 15 is 0 Å². The highest BCUT2D eigenvalue weighted by Gasteiger charge is 2.10. The van der Waals surface area contributed by atoms with Gasteiger partial charge in [-0.25, -0.2) is 15.0 Å². The summed E-state index contributed by atoms with van der Waals surface area (Å²) in [5.74, 6) is 1.13. The second-order valence-electron chi connectivity index (χ2n) is 7.94. The molecule has 6 heteroatoms. The zero-order valence-electron chi connectivity index (χ0n) is 17.5. The zero-order valence-corrected chi connectivity index (χ0v) is 17.5. The van der Waals surface area contributed by atoms with Crippen molar-refractivity contribution >= 4 is 11.0 Å². The molecule has 5 aromatic rings. The summed E-state index contributed by atoms with van der Waals surface area (Å²) in [6, 6.07) is 18.2. The smallest absolute Gasteiger partial charge is 0.178 e. The fourth-order valence-electron chi connectivity index (χ4n) is 3.54. The normalized spacial score (nSPS) is 11.3. The Hall–Kier alpha value is -3.93. The number of hydrogen-bond donors (Lipinski definition) is 0. The van der Waals surface area contributed by atoms with Gasteiger partial charge in [-0.05, 0) is 41.3 Å². The topological polar surface area (TPSA) is 69.4 Å². The van der Waals surface area contributed by atoms with E-state index in [1.165, 1.54) is 0 Å². The molecule has 0 aliphatic rings. The number of fused-ring (bicyclic) bond motifs is 1. The summed E-state index contributed by atoms with van der Waals surface area (Å²) < 4.78 is 1.96. The molecular weight excluding hydrogens is 384 g/mol. The summed E-state index contributed by atoms with van der Waals surface area (Å²) in [5, 5.41) is 4.44. The SMILES string of the molecule is CC(C)Cn1cc(-c2ccc3nc(-c4cc(-c5ccccc5)ccn4)ncc3n2)cn1. The van der Waals surface area contributed by atoms with E-state index in [0.29, 0.717) is 11.7 Å².